The summed E-state index contributed by atoms with van der Waals surface area (Å²) < 4.78 is 76.2. The van der Waals surface area contributed by atoms with Gasteiger partial charge in [0.1, 0.15) is 28.5 Å². The Kier molecular flexibility index (Phi) is 5.53. The standard InChI is InChI=1S/C19H15F3N4O6S/c1-23-15-6-11(19(20,21)22)2-5-16(15)33(29,30)26-8-17(18(28,9-26)10-27)31-12-3-4-13-14(7-12)25-32-24-13/h2-7,17,27-28H,8-10H2/t17-,18+/m0/s1. The van der Waals surface area contributed by atoms with Crippen molar-refractivity contribution >= 4 is 26.7 Å². The van der Waals surface area contributed by atoms with Gasteiger partial charge in [-0.15, -0.1) is 0 Å². The van der Waals surface area contributed by atoms with Crippen molar-refractivity contribution < 1.29 is 41.2 Å². The van der Waals surface area contributed by atoms with Gasteiger partial charge in [0.25, 0.3) is 0 Å². The molecule has 0 unspecified atom stereocenters. The Bertz CT molecular complexity index is 1350. The highest BCUT2D eigenvalue weighted by molar-refractivity contribution is 7.89. The molecule has 33 heavy (non-hydrogen) atoms. The van der Waals surface area contributed by atoms with Crippen molar-refractivity contribution in [3.05, 3.63) is 53.4 Å². The predicted octanol–water partition coefficient (Wildman–Crippen LogP) is 1.97. The summed E-state index contributed by atoms with van der Waals surface area (Å²) in [6.45, 7) is 5.23. The molecule has 2 N–H and O–H groups in total. The number of β-amino-alcohol motifs (C(OH)–C–C–N with tert-alkyl or cyclic N) is 1. The molecule has 4 rings (SSSR count). The van der Waals surface area contributed by atoms with Gasteiger partial charge in [-0.05, 0) is 28.5 Å². The van der Waals surface area contributed by atoms with Gasteiger partial charge in [-0.3, -0.25) is 0 Å². The molecule has 10 nitrogen and oxygen atoms in total. The van der Waals surface area contributed by atoms with E-state index >= 15 is 0 Å². The highest BCUT2D eigenvalue weighted by atomic mass is 32.2. The summed E-state index contributed by atoms with van der Waals surface area (Å²) in [5.41, 5.74) is -3.13. The van der Waals surface area contributed by atoms with Gasteiger partial charge >= 0.3 is 6.18 Å². The molecule has 1 aliphatic heterocycles. The van der Waals surface area contributed by atoms with E-state index in [0.29, 0.717) is 29.2 Å². The quantitative estimate of drug-likeness (QED) is 0.526. The number of aliphatic hydroxyl groups excluding tert-OH is 1. The highest BCUT2D eigenvalue weighted by Crippen LogP contribution is 2.38. The molecule has 1 aromatic heterocycles. The lowest BCUT2D eigenvalue weighted by molar-refractivity contribution is -0.137. The minimum atomic E-state index is -4.76. The van der Waals surface area contributed by atoms with E-state index in [4.69, 9.17) is 11.3 Å². The molecule has 0 spiro atoms. The second kappa shape index (κ2) is 7.96. The van der Waals surface area contributed by atoms with Gasteiger partial charge in [0.2, 0.25) is 15.7 Å². The summed E-state index contributed by atoms with van der Waals surface area (Å²) in [6, 6.07) is 6.15. The van der Waals surface area contributed by atoms with Gasteiger partial charge in [-0.1, -0.05) is 12.1 Å². The summed E-state index contributed by atoms with van der Waals surface area (Å²) in [7, 11) is -4.51. The lowest BCUT2D eigenvalue weighted by Gasteiger charge is -2.27. The van der Waals surface area contributed by atoms with Crippen molar-refractivity contribution in [1.29, 1.82) is 0 Å². The Morgan fingerprint density at radius 3 is 2.64 bits per heavy atom. The maximum atomic E-state index is 13.1. The first-order valence-corrected chi connectivity index (χ1v) is 10.7. The van der Waals surface area contributed by atoms with Crippen molar-refractivity contribution in [2.75, 3.05) is 19.7 Å². The summed E-state index contributed by atoms with van der Waals surface area (Å²) in [5, 5.41) is 27.8. The largest absolute Gasteiger partial charge is 0.486 e. The zero-order valence-corrected chi connectivity index (χ0v) is 17.3. The monoisotopic (exact) mass is 484 g/mol. The molecule has 2 aromatic carbocycles. The molecule has 0 radical (unpaired) electrons. The molecule has 3 aromatic rings. The Morgan fingerprint density at radius 2 is 1.97 bits per heavy atom. The number of aliphatic hydroxyl groups is 2. The third-order valence-electron chi connectivity index (χ3n) is 5.22. The van der Waals surface area contributed by atoms with Crippen LogP contribution in [0.15, 0.2) is 45.9 Å². The summed E-state index contributed by atoms with van der Waals surface area (Å²) in [4.78, 5) is 2.28. The van der Waals surface area contributed by atoms with Gasteiger partial charge in [0.05, 0.1) is 24.6 Å². The van der Waals surface area contributed by atoms with Crippen LogP contribution in [0.5, 0.6) is 5.75 Å². The normalized spacial score (nSPS) is 21.9. The number of rotatable bonds is 5. The molecular weight excluding hydrogens is 469 g/mol. The minimum Gasteiger partial charge on any atom is -0.486 e. The minimum absolute atomic E-state index is 0.186. The molecule has 0 saturated carbocycles. The van der Waals surface area contributed by atoms with Crippen LogP contribution < -0.4 is 4.74 Å². The van der Waals surface area contributed by atoms with Crippen LogP contribution in [-0.4, -0.2) is 64.7 Å². The van der Waals surface area contributed by atoms with Crippen LogP contribution in [0.2, 0.25) is 0 Å². The van der Waals surface area contributed by atoms with Crippen LogP contribution in [0.4, 0.5) is 18.9 Å². The second-order valence-electron chi connectivity index (χ2n) is 7.37. The fraction of sp³-hybridized carbons (Fsp3) is 0.316. The Morgan fingerprint density at radius 1 is 1.24 bits per heavy atom. The van der Waals surface area contributed by atoms with E-state index in [9.17, 15) is 31.8 Å². The Hall–Kier alpha value is -3.25. The van der Waals surface area contributed by atoms with Crippen molar-refractivity contribution in [3.8, 4) is 5.75 Å². The summed E-state index contributed by atoms with van der Waals surface area (Å²) >= 11 is 0. The number of nitrogens with zero attached hydrogens (tertiary/aromatic N) is 4. The van der Waals surface area contributed by atoms with Gasteiger partial charge in [-0.25, -0.2) is 17.9 Å². The fourth-order valence-electron chi connectivity index (χ4n) is 3.45. The highest BCUT2D eigenvalue weighted by Gasteiger charge is 2.51. The number of aromatic nitrogens is 2. The molecule has 2 atom stereocenters. The van der Waals surface area contributed by atoms with E-state index in [2.05, 4.69) is 19.8 Å². The van der Waals surface area contributed by atoms with Gasteiger partial charge in [-0.2, -0.15) is 17.5 Å². The number of alkyl halides is 3. The van der Waals surface area contributed by atoms with E-state index < -0.39 is 63.7 Å². The Labute approximate surface area is 184 Å². The van der Waals surface area contributed by atoms with Crippen LogP contribution in [-0.2, 0) is 16.2 Å². The average molecular weight is 484 g/mol. The number of benzene rings is 2. The zero-order chi connectivity index (χ0) is 24.0. The van der Waals surface area contributed by atoms with E-state index in [0.717, 1.165) is 4.31 Å². The van der Waals surface area contributed by atoms with Crippen molar-refractivity contribution in [2.24, 2.45) is 0 Å². The van der Waals surface area contributed by atoms with Crippen LogP contribution in [0, 0.1) is 6.57 Å². The first kappa shape index (κ1) is 22.9. The number of fused-ring (bicyclic) bond motifs is 1. The predicted molar refractivity (Wildman–Crippen MR) is 105 cm³/mol. The van der Waals surface area contributed by atoms with Gasteiger partial charge in [0.15, 0.2) is 0 Å². The second-order valence-corrected chi connectivity index (χ2v) is 9.28. The summed E-state index contributed by atoms with van der Waals surface area (Å²) in [6.07, 6.45) is -5.99. The van der Waals surface area contributed by atoms with E-state index in [1.54, 1.807) is 0 Å². The molecule has 0 bridgehead atoms. The molecular formula is C19H15F3N4O6S. The third kappa shape index (κ3) is 4.11. The molecule has 0 aliphatic carbocycles. The maximum absolute atomic E-state index is 13.1. The molecule has 174 valence electrons. The number of ether oxygens (including phenoxy) is 1. The molecule has 2 heterocycles. The van der Waals surface area contributed by atoms with Crippen molar-refractivity contribution in [2.45, 2.75) is 22.8 Å². The van der Waals surface area contributed by atoms with Crippen molar-refractivity contribution in [1.82, 2.24) is 14.6 Å². The third-order valence-corrected chi connectivity index (χ3v) is 7.08. The maximum Gasteiger partial charge on any atom is 0.415 e. The molecule has 14 heteroatoms. The topological polar surface area (TPSA) is 130 Å². The average Bonchev–Trinajstić information content (AvgIpc) is 3.37. The number of hydrogen-bond acceptors (Lipinski definition) is 8. The SMILES string of the molecule is [C-]#[N+]c1cc(C(F)(F)F)ccc1S(=O)(=O)N1C[C@H](Oc2ccc3nonc3c2)[C@](O)(CO)C1. The van der Waals surface area contributed by atoms with E-state index in [1.807, 2.05) is 0 Å². The van der Waals surface area contributed by atoms with Crippen molar-refractivity contribution in [3.63, 3.8) is 0 Å². The lowest BCUT2D eigenvalue weighted by Crippen LogP contribution is -2.48. The lowest BCUT2D eigenvalue weighted by atomic mass is 10.0. The first-order valence-electron chi connectivity index (χ1n) is 9.29. The van der Waals surface area contributed by atoms with E-state index in [1.165, 1.54) is 18.2 Å². The number of halogens is 3. The van der Waals surface area contributed by atoms with Gasteiger partial charge in [0, 0.05) is 18.2 Å². The molecule has 1 saturated heterocycles. The number of hydrogen-bond donors (Lipinski definition) is 2. The fourth-order valence-corrected chi connectivity index (χ4v) is 5.06. The van der Waals surface area contributed by atoms with Crippen LogP contribution in [0.1, 0.15) is 5.56 Å². The molecule has 1 fully saturated rings. The van der Waals surface area contributed by atoms with E-state index in [-0.39, 0.29) is 5.75 Å². The molecule has 1 aliphatic rings. The summed E-state index contributed by atoms with van der Waals surface area (Å²) in [5.74, 6) is 0.186. The zero-order valence-electron chi connectivity index (χ0n) is 16.5. The molecule has 0 amide bonds. The van der Waals surface area contributed by atoms with Gasteiger partial charge < -0.3 is 14.9 Å². The first-order chi connectivity index (χ1) is 15.5. The van der Waals surface area contributed by atoms with Crippen LogP contribution in [0.25, 0.3) is 15.9 Å². The number of sulfonamides is 1. The van der Waals surface area contributed by atoms with Crippen LogP contribution >= 0.6 is 0 Å². The smallest absolute Gasteiger partial charge is 0.415 e. The Balaban J connectivity index is 1.64. The van der Waals surface area contributed by atoms with Crippen LogP contribution in [0.3, 0.4) is 0 Å².